The molecule has 26 heavy (non-hydrogen) atoms. The van der Waals surface area contributed by atoms with Crippen LogP contribution in [-0.2, 0) is 10.0 Å². The van der Waals surface area contributed by atoms with E-state index in [0.29, 0.717) is 22.9 Å². The summed E-state index contributed by atoms with van der Waals surface area (Å²) in [6.45, 7) is 0.654. The Morgan fingerprint density at radius 3 is 2.62 bits per heavy atom. The second-order valence-corrected chi connectivity index (χ2v) is 8.40. The van der Waals surface area contributed by atoms with Crippen molar-refractivity contribution in [2.75, 3.05) is 13.1 Å². The number of rotatable bonds is 4. The van der Waals surface area contributed by atoms with Gasteiger partial charge < -0.3 is 4.74 Å². The second-order valence-electron chi connectivity index (χ2n) is 6.05. The number of ether oxygens (including phenoxy) is 1. The van der Waals surface area contributed by atoms with E-state index >= 15 is 0 Å². The lowest BCUT2D eigenvalue weighted by molar-refractivity contribution is 0.197. The molecule has 1 aromatic heterocycles. The highest BCUT2D eigenvalue weighted by Crippen LogP contribution is 2.28. The van der Waals surface area contributed by atoms with E-state index in [1.165, 1.54) is 16.7 Å². The first-order chi connectivity index (χ1) is 12.5. The first-order valence-electron chi connectivity index (χ1n) is 8.16. The topological polar surface area (TPSA) is 72.4 Å². The highest BCUT2D eigenvalue weighted by molar-refractivity contribution is 7.89. The molecular formula is C18H16ClN3O3S. The quantitative estimate of drug-likeness (QED) is 0.685. The minimum Gasteiger partial charge on any atom is -0.459 e. The molecule has 0 spiro atoms. The summed E-state index contributed by atoms with van der Waals surface area (Å²) < 4.78 is 33.4. The summed E-state index contributed by atoms with van der Waals surface area (Å²) in [5.74, 6) is 0. The molecule has 0 N–H and O–H groups in total. The van der Waals surface area contributed by atoms with Crippen LogP contribution in [-0.4, -0.2) is 41.9 Å². The SMILES string of the molecule is O=S(=O)(c1cccc2ccccc12)N1CC[C@@H](Oc2ncc(Cl)cn2)C1. The maximum absolute atomic E-state index is 13.1. The zero-order chi connectivity index (χ0) is 18.1. The van der Waals surface area contributed by atoms with E-state index < -0.39 is 10.0 Å². The van der Waals surface area contributed by atoms with Crippen molar-refractivity contribution < 1.29 is 13.2 Å². The van der Waals surface area contributed by atoms with Gasteiger partial charge in [-0.15, -0.1) is 0 Å². The molecule has 1 saturated heterocycles. The van der Waals surface area contributed by atoms with Crippen molar-refractivity contribution in [2.24, 2.45) is 0 Å². The number of aromatic nitrogens is 2. The number of nitrogens with zero attached hydrogens (tertiary/aromatic N) is 3. The lowest BCUT2D eigenvalue weighted by Crippen LogP contribution is -2.31. The summed E-state index contributed by atoms with van der Waals surface area (Å²) in [5, 5.41) is 2.04. The maximum atomic E-state index is 13.1. The predicted molar refractivity (Wildman–Crippen MR) is 98.8 cm³/mol. The molecule has 8 heteroatoms. The van der Waals surface area contributed by atoms with Crippen molar-refractivity contribution in [3.63, 3.8) is 0 Å². The van der Waals surface area contributed by atoms with E-state index in [9.17, 15) is 8.42 Å². The van der Waals surface area contributed by atoms with Crippen LogP contribution in [0.25, 0.3) is 10.8 Å². The van der Waals surface area contributed by atoms with Crippen LogP contribution in [0.4, 0.5) is 0 Å². The van der Waals surface area contributed by atoms with Crippen LogP contribution in [0.2, 0.25) is 5.02 Å². The number of hydrogen-bond acceptors (Lipinski definition) is 5. The zero-order valence-corrected chi connectivity index (χ0v) is 15.3. The second kappa shape index (κ2) is 6.83. The number of sulfonamides is 1. The van der Waals surface area contributed by atoms with Crippen LogP contribution in [0.5, 0.6) is 6.01 Å². The highest BCUT2D eigenvalue weighted by atomic mass is 35.5. The van der Waals surface area contributed by atoms with Gasteiger partial charge in [0.25, 0.3) is 0 Å². The van der Waals surface area contributed by atoms with Crippen LogP contribution in [0.3, 0.4) is 0 Å². The third-order valence-corrected chi connectivity index (χ3v) is 6.46. The Balaban J connectivity index is 1.56. The van der Waals surface area contributed by atoms with Gasteiger partial charge in [-0.2, -0.15) is 4.31 Å². The number of fused-ring (bicyclic) bond motifs is 1. The molecule has 2 aromatic carbocycles. The van der Waals surface area contributed by atoms with E-state index in [0.717, 1.165) is 10.8 Å². The Kier molecular flexibility index (Phi) is 4.52. The number of benzene rings is 2. The van der Waals surface area contributed by atoms with Gasteiger partial charge in [-0.05, 0) is 17.9 Å². The highest BCUT2D eigenvalue weighted by Gasteiger charge is 2.34. The zero-order valence-electron chi connectivity index (χ0n) is 13.7. The van der Waals surface area contributed by atoms with Crippen LogP contribution in [0, 0.1) is 0 Å². The van der Waals surface area contributed by atoms with Crippen LogP contribution >= 0.6 is 11.6 Å². The van der Waals surface area contributed by atoms with Gasteiger partial charge in [-0.3, -0.25) is 0 Å². The Morgan fingerprint density at radius 2 is 1.81 bits per heavy atom. The molecular weight excluding hydrogens is 374 g/mol. The Hall–Kier alpha value is -2.22. The van der Waals surface area contributed by atoms with Crippen molar-refractivity contribution in [3.05, 3.63) is 59.9 Å². The molecule has 134 valence electrons. The standard InChI is InChI=1S/C18H16ClN3O3S/c19-14-10-20-18(21-11-14)25-15-8-9-22(12-15)26(23,24)17-7-3-5-13-4-1-2-6-16(13)17/h1-7,10-11,15H,8-9,12H2/t15-/m1/s1. The van der Waals surface area contributed by atoms with Gasteiger partial charge >= 0.3 is 6.01 Å². The molecule has 1 aliphatic heterocycles. The summed E-state index contributed by atoms with van der Waals surface area (Å²) in [4.78, 5) is 8.31. The lowest BCUT2D eigenvalue weighted by Gasteiger charge is -2.18. The maximum Gasteiger partial charge on any atom is 0.316 e. The van der Waals surface area contributed by atoms with Crippen LogP contribution in [0.15, 0.2) is 59.8 Å². The summed E-state index contributed by atoms with van der Waals surface area (Å²) >= 11 is 5.76. The smallest absolute Gasteiger partial charge is 0.316 e. The van der Waals surface area contributed by atoms with E-state index in [-0.39, 0.29) is 18.7 Å². The van der Waals surface area contributed by atoms with Crippen molar-refractivity contribution in [3.8, 4) is 6.01 Å². The van der Waals surface area contributed by atoms with E-state index in [1.54, 1.807) is 12.1 Å². The lowest BCUT2D eigenvalue weighted by atomic mass is 10.1. The van der Waals surface area contributed by atoms with Gasteiger partial charge in [0.15, 0.2) is 0 Å². The van der Waals surface area contributed by atoms with Crippen molar-refractivity contribution in [2.45, 2.75) is 17.4 Å². The Bertz CT molecular complexity index is 1040. The average molecular weight is 390 g/mol. The molecule has 0 aliphatic carbocycles. The molecule has 0 radical (unpaired) electrons. The van der Waals surface area contributed by atoms with E-state index in [4.69, 9.17) is 16.3 Å². The summed E-state index contributed by atoms with van der Waals surface area (Å²) in [7, 11) is -3.61. The van der Waals surface area contributed by atoms with Gasteiger partial charge in [0.05, 0.1) is 28.9 Å². The molecule has 0 amide bonds. The molecule has 1 fully saturated rings. The van der Waals surface area contributed by atoms with Gasteiger partial charge in [0, 0.05) is 11.9 Å². The predicted octanol–water partition coefficient (Wildman–Crippen LogP) is 3.13. The van der Waals surface area contributed by atoms with Gasteiger partial charge in [-0.1, -0.05) is 48.0 Å². The Labute approximate surface area is 156 Å². The fraction of sp³-hybridized carbons (Fsp3) is 0.222. The van der Waals surface area contributed by atoms with Gasteiger partial charge in [-0.25, -0.2) is 18.4 Å². The number of halogens is 1. The van der Waals surface area contributed by atoms with Crippen molar-refractivity contribution in [1.82, 2.24) is 14.3 Å². The minimum absolute atomic E-state index is 0.198. The molecule has 3 aromatic rings. The Morgan fingerprint density at radius 1 is 1.08 bits per heavy atom. The number of hydrogen-bond donors (Lipinski definition) is 0. The molecule has 1 aliphatic rings. The van der Waals surface area contributed by atoms with E-state index in [2.05, 4.69) is 9.97 Å². The van der Waals surface area contributed by atoms with Gasteiger partial charge in [0.2, 0.25) is 10.0 Å². The fourth-order valence-corrected chi connectivity index (χ4v) is 4.88. The first kappa shape index (κ1) is 17.2. The summed E-state index contributed by atoms with van der Waals surface area (Å²) in [6.07, 6.45) is 3.18. The largest absolute Gasteiger partial charge is 0.459 e. The third-order valence-electron chi connectivity index (χ3n) is 4.34. The van der Waals surface area contributed by atoms with Crippen LogP contribution in [0.1, 0.15) is 6.42 Å². The first-order valence-corrected chi connectivity index (χ1v) is 9.98. The molecule has 0 saturated carbocycles. The molecule has 1 atom stereocenters. The van der Waals surface area contributed by atoms with Gasteiger partial charge in [0.1, 0.15) is 6.10 Å². The third kappa shape index (κ3) is 3.25. The van der Waals surface area contributed by atoms with E-state index in [1.807, 2.05) is 30.3 Å². The molecule has 0 bridgehead atoms. The van der Waals surface area contributed by atoms with Crippen molar-refractivity contribution in [1.29, 1.82) is 0 Å². The molecule has 2 heterocycles. The minimum atomic E-state index is -3.61. The van der Waals surface area contributed by atoms with Crippen LogP contribution < -0.4 is 4.74 Å². The molecule has 0 unspecified atom stereocenters. The summed E-state index contributed by atoms with van der Waals surface area (Å²) in [5.41, 5.74) is 0. The van der Waals surface area contributed by atoms with Crippen molar-refractivity contribution >= 4 is 32.4 Å². The molecule has 4 rings (SSSR count). The summed E-state index contributed by atoms with van der Waals surface area (Å²) in [6, 6.07) is 13.0. The normalized spacial score (nSPS) is 18.3. The fourth-order valence-electron chi connectivity index (χ4n) is 3.08. The molecule has 6 nitrogen and oxygen atoms in total. The average Bonchev–Trinajstić information content (AvgIpc) is 3.12. The monoisotopic (exact) mass is 389 g/mol.